The van der Waals surface area contributed by atoms with E-state index in [1.807, 2.05) is 12.1 Å². The lowest BCUT2D eigenvalue weighted by molar-refractivity contribution is -0.161. The molecule has 3 N–H and O–H groups in total. The summed E-state index contributed by atoms with van der Waals surface area (Å²) in [5.74, 6) is -3.08. The molecule has 2 aliphatic rings. The maximum absolute atomic E-state index is 14.5. The maximum Gasteiger partial charge on any atom is 0.301 e. The number of rotatable bonds is 6. The van der Waals surface area contributed by atoms with E-state index >= 15 is 0 Å². The summed E-state index contributed by atoms with van der Waals surface area (Å²) in [7, 11) is 1.00. The van der Waals surface area contributed by atoms with Gasteiger partial charge in [0.2, 0.25) is 11.8 Å². The van der Waals surface area contributed by atoms with Crippen molar-refractivity contribution in [2.45, 2.75) is 38.2 Å². The SMILES string of the molecule is CO.Cc1cc(-c2ccnc(NC(=O)C3CC3)c2)ccc1OC1CCN(C(=O)CO)CC1(F)F. The number of pyridine rings is 1. The summed E-state index contributed by atoms with van der Waals surface area (Å²) in [6, 6.07) is 8.84. The molecule has 1 aromatic carbocycles. The van der Waals surface area contributed by atoms with Gasteiger partial charge in [-0.15, -0.1) is 0 Å². The number of hydrogen-bond acceptors (Lipinski definition) is 6. The van der Waals surface area contributed by atoms with Gasteiger partial charge in [0.05, 0.1) is 6.54 Å². The van der Waals surface area contributed by atoms with E-state index in [1.165, 1.54) is 0 Å². The number of nitrogens with zero attached hydrogens (tertiary/aromatic N) is 2. The molecule has 4 rings (SSSR count). The van der Waals surface area contributed by atoms with Crippen LogP contribution in [0.2, 0.25) is 0 Å². The number of aromatic nitrogens is 1. The van der Waals surface area contributed by atoms with Gasteiger partial charge in [-0.1, -0.05) is 6.07 Å². The number of aryl methyl sites for hydroxylation is 1. The Hall–Kier alpha value is -3.11. The summed E-state index contributed by atoms with van der Waals surface area (Å²) in [6.07, 6.45) is 2.03. The smallest absolute Gasteiger partial charge is 0.301 e. The lowest BCUT2D eigenvalue weighted by Crippen LogP contribution is -2.55. The lowest BCUT2D eigenvalue weighted by Gasteiger charge is -2.38. The predicted octanol–water partition coefficient (Wildman–Crippen LogP) is 2.62. The first kappa shape index (κ1) is 25.5. The number of aliphatic hydroxyl groups is 2. The highest BCUT2D eigenvalue weighted by molar-refractivity contribution is 5.93. The number of anilines is 1. The summed E-state index contributed by atoms with van der Waals surface area (Å²) >= 11 is 0. The molecular formula is C24H29F2N3O5. The minimum Gasteiger partial charge on any atom is -0.484 e. The van der Waals surface area contributed by atoms with Crippen molar-refractivity contribution < 1.29 is 33.3 Å². The topological polar surface area (TPSA) is 112 Å². The van der Waals surface area contributed by atoms with Crippen LogP contribution in [0.3, 0.4) is 0 Å². The zero-order chi connectivity index (χ0) is 24.9. The normalized spacial score (nSPS) is 19.0. The molecule has 0 radical (unpaired) electrons. The zero-order valence-electron chi connectivity index (χ0n) is 19.1. The summed E-state index contributed by atoms with van der Waals surface area (Å²) in [6.45, 7) is 0.311. The number of benzene rings is 1. The molecule has 1 aliphatic heterocycles. The molecule has 2 amide bonds. The van der Waals surface area contributed by atoms with Crippen LogP contribution in [0, 0.1) is 12.8 Å². The van der Waals surface area contributed by atoms with Crippen LogP contribution in [-0.2, 0) is 9.59 Å². The number of hydrogen-bond donors (Lipinski definition) is 3. The van der Waals surface area contributed by atoms with Gasteiger partial charge in [0, 0.05) is 32.2 Å². The van der Waals surface area contributed by atoms with E-state index < -0.39 is 31.1 Å². The Morgan fingerprint density at radius 3 is 2.50 bits per heavy atom. The first-order valence-electron chi connectivity index (χ1n) is 11.0. The van der Waals surface area contributed by atoms with E-state index in [-0.39, 0.29) is 24.8 Å². The van der Waals surface area contributed by atoms with Gasteiger partial charge in [-0.3, -0.25) is 9.59 Å². The summed E-state index contributed by atoms with van der Waals surface area (Å²) < 4.78 is 34.7. The number of halogens is 2. The molecule has 1 aliphatic carbocycles. The summed E-state index contributed by atoms with van der Waals surface area (Å²) in [5, 5.41) is 18.7. The number of carbonyl (C=O) groups excluding carboxylic acids is 2. The van der Waals surface area contributed by atoms with E-state index in [9.17, 15) is 18.4 Å². The second-order valence-corrected chi connectivity index (χ2v) is 8.30. The monoisotopic (exact) mass is 477 g/mol. The van der Waals surface area contributed by atoms with Gasteiger partial charge in [0.15, 0.2) is 6.10 Å². The lowest BCUT2D eigenvalue weighted by atomic mass is 10.0. The van der Waals surface area contributed by atoms with Crippen LogP contribution in [0.25, 0.3) is 11.1 Å². The Morgan fingerprint density at radius 2 is 1.88 bits per heavy atom. The van der Waals surface area contributed by atoms with Crippen molar-refractivity contribution in [3.8, 4) is 16.9 Å². The third kappa shape index (κ3) is 6.06. The van der Waals surface area contributed by atoms with Gasteiger partial charge >= 0.3 is 5.92 Å². The van der Waals surface area contributed by atoms with E-state index in [0.29, 0.717) is 17.1 Å². The molecular weight excluding hydrogens is 448 g/mol. The Kier molecular flexibility index (Phi) is 8.16. The largest absolute Gasteiger partial charge is 0.484 e. The number of likely N-dealkylation sites (tertiary alicyclic amines) is 1. The molecule has 2 fully saturated rings. The number of alkyl halides is 2. The van der Waals surface area contributed by atoms with E-state index in [4.69, 9.17) is 14.9 Å². The van der Waals surface area contributed by atoms with Crippen molar-refractivity contribution in [1.82, 2.24) is 9.88 Å². The van der Waals surface area contributed by atoms with Crippen molar-refractivity contribution in [2.24, 2.45) is 5.92 Å². The molecule has 8 nitrogen and oxygen atoms in total. The van der Waals surface area contributed by atoms with Crippen LogP contribution in [0.15, 0.2) is 36.5 Å². The van der Waals surface area contributed by atoms with Crippen LogP contribution in [0.1, 0.15) is 24.8 Å². The fourth-order valence-corrected chi connectivity index (χ4v) is 3.74. The minimum atomic E-state index is -3.23. The fourth-order valence-electron chi connectivity index (χ4n) is 3.74. The van der Waals surface area contributed by atoms with Gasteiger partial charge in [0.1, 0.15) is 18.2 Å². The van der Waals surface area contributed by atoms with Crippen molar-refractivity contribution in [1.29, 1.82) is 0 Å². The molecule has 0 spiro atoms. The fraction of sp³-hybridized carbons (Fsp3) is 0.458. The van der Waals surface area contributed by atoms with Crippen LogP contribution in [0.4, 0.5) is 14.6 Å². The quantitative estimate of drug-likeness (QED) is 0.590. The summed E-state index contributed by atoms with van der Waals surface area (Å²) in [5.41, 5.74) is 2.36. The Labute approximate surface area is 196 Å². The molecule has 1 aromatic heterocycles. The van der Waals surface area contributed by atoms with Crippen molar-refractivity contribution in [2.75, 3.05) is 32.1 Å². The molecule has 2 heterocycles. The number of amides is 2. The number of piperidine rings is 1. The highest BCUT2D eigenvalue weighted by Crippen LogP contribution is 2.34. The van der Waals surface area contributed by atoms with Crippen molar-refractivity contribution in [3.63, 3.8) is 0 Å². The Bertz CT molecular complexity index is 1030. The van der Waals surface area contributed by atoms with Gasteiger partial charge < -0.3 is 25.2 Å². The third-order valence-corrected chi connectivity index (χ3v) is 5.76. The Morgan fingerprint density at radius 1 is 1.18 bits per heavy atom. The standard InChI is InChI=1S/C23H25F2N3O4.CH4O/c1-14-10-16(17-6-8-26-20(11-17)27-22(31)15-2-3-15)4-5-18(14)32-19-7-9-28(21(30)12-29)13-23(19,24)25;1-2/h4-6,8,10-11,15,19,29H,2-3,7,9,12-13H2,1H3,(H,26,27,31);2H,1H3. The van der Waals surface area contributed by atoms with Crippen LogP contribution >= 0.6 is 0 Å². The molecule has 1 unspecified atom stereocenters. The highest BCUT2D eigenvalue weighted by atomic mass is 19.3. The number of nitrogens with one attached hydrogen (secondary N) is 1. The van der Waals surface area contributed by atoms with Crippen LogP contribution in [-0.4, -0.2) is 70.7 Å². The number of carbonyl (C=O) groups is 2. The molecule has 184 valence electrons. The van der Waals surface area contributed by atoms with Gasteiger partial charge in [-0.25, -0.2) is 13.8 Å². The average molecular weight is 478 g/mol. The van der Waals surface area contributed by atoms with E-state index in [1.54, 1.807) is 31.3 Å². The Balaban J connectivity index is 0.00000158. The van der Waals surface area contributed by atoms with Crippen LogP contribution < -0.4 is 10.1 Å². The molecule has 0 bridgehead atoms. The molecule has 1 saturated carbocycles. The molecule has 1 saturated heterocycles. The van der Waals surface area contributed by atoms with Crippen LogP contribution in [0.5, 0.6) is 5.75 Å². The summed E-state index contributed by atoms with van der Waals surface area (Å²) in [4.78, 5) is 28.7. The van der Waals surface area contributed by atoms with E-state index in [2.05, 4.69) is 10.3 Å². The average Bonchev–Trinajstić information content (AvgIpc) is 3.68. The minimum absolute atomic E-state index is 0.0257. The molecule has 10 heteroatoms. The zero-order valence-corrected chi connectivity index (χ0v) is 19.1. The predicted molar refractivity (Wildman–Crippen MR) is 122 cm³/mol. The third-order valence-electron chi connectivity index (χ3n) is 5.76. The van der Waals surface area contributed by atoms with Crippen molar-refractivity contribution >= 4 is 17.6 Å². The van der Waals surface area contributed by atoms with Crippen molar-refractivity contribution in [3.05, 3.63) is 42.1 Å². The molecule has 2 aromatic rings. The van der Waals surface area contributed by atoms with Gasteiger partial charge in [-0.05, 0) is 60.7 Å². The second-order valence-electron chi connectivity index (χ2n) is 8.30. The number of aliphatic hydroxyl groups excluding tert-OH is 2. The molecule has 34 heavy (non-hydrogen) atoms. The van der Waals surface area contributed by atoms with Gasteiger partial charge in [-0.2, -0.15) is 0 Å². The first-order valence-corrected chi connectivity index (χ1v) is 11.0. The second kappa shape index (κ2) is 10.9. The number of ether oxygens (including phenoxy) is 1. The maximum atomic E-state index is 14.5. The molecule has 1 atom stereocenters. The first-order chi connectivity index (χ1) is 16.3. The van der Waals surface area contributed by atoms with E-state index in [0.717, 1.165) is 36.0 Å². The highest BCUT2D eigenvalue weighted by Gasteiger charge is 2.47. The van der Waals surface area contributed by atoms with Gasteiger partial charge in [0.25, 0.3) is 0 Å².